The molecule has 1 aromatic heterocycles. The average Bonchev–Trinajstić information content (AvgIpc) is 2.81. The Labute approximate surface area is 185 Å². The Hall–Kier alpha value is -3.53. The Morgan fingerprint density at radius 2 is 1.78 bits per heavy atom. The SMILES string of the molecule is C=N/N=C(\OCC(F)(F)F)c1ccc(CN(c2ccccc2)S(=O)c2cccnc2)cc1. The number of hydrogen-bond donors (Lipinski definition) is 0. The third-order valence-electron chi connectivity index (χ3n) is 4.14. The second kappa shape index (κ2) is 10.7. The summed E-state index contributed by atoms with van der Waals surface area (Å²) in [6.07, 6.45) is -1.36. The molecule has 0 bridgehead atoms. The van der Waals surface area contributed by atoms with Crippen LogP contribution < -0.4 is 4.31 Å². The minimum Gasteiger partial charge on any atom is -0.467 e. The van der Waals surface area contributed by atoms with E-state index in [2.05, 4.69) is 21.9 Å². The molecule has 0 fully saturated rings. The maximum Gasteiger partial charge on any atom is 0.422 e. The molecule has 0 aliphatic rings. The van der Waals surface area contributed by atoms with Crippen molar-refractivity contribution in [1.29, 1.82) is 0 Å². The highest BCUT2D eigenvalue weighted by Crippen LogP contribution is 2.23. The summed E-state index contributed by atoms with van der Waals surface area (Å²) < 4.78 is 57.1. The largest absolute Gasteiger partial charge is 0.467 e. The van der Waals surface area contributed by atoms with Crippen molar-refractivity contribution >= 4 is 29.3 Å². The molecule has 0 spiro atoms. The van der Waals surface area contributed by atoms with Crippen molar-refractivity contribution in [2.24, 2.45) is 10.2 Å². The first-order valence-electron chi connectivity index (χ1n) is 9.34. The molecule has 0 radical (unpaired) electrons. The molecule has 2 aromatic carbocycles. The molecule has 0 saturated heterocycles. The maximum absolute atomic E-state index is 13.2. The van der Waals surface area contributed by atoms with Crippen molar-refractivity contribution in [2.75, 3.05) is 10.9 Å². The minimum absolute atomic E-state index is 0.279. The number of para-hydroxylation sites is 1. The Morgan fingerprint density at radius 3 is 2.38 bits per heavy atom. The van der Waals surface area contributed by atoms with Gasteiger partial charge in [0.05, 0.1) is 11.4 Å². The zero-order chi connectivity index (χ0) is 23.0. The van der Waals surface area contributed by atoms with Gasteiger partial charge in [-0.05, 0) is 42.0 Å². The van der Waals surface area contributed by atoms with Crippen LogP contribution in [0.25, 0.3) is 0 Å². The van der Waals surface area contributed by atoms with Crippen LogP contribution >= 0.6 is 0 Å². The van der Waals surface area contributed by atoms with E-state index in [1.807, 2.05) is 30.3 Å². The van der Waals surface area contributed by atoms with Gasteiger partial charge in [0.2, 0.25) is 5.90 Å². The third kappa shape index (κ3) is 6.48. The number of nitrogens with zero attached hydrogens (tertiary/aromatic N) is 4. The normalized spacial score (nSPS) is 12.8. The van der Waals surface area contributed by atoms with Gasteiger partial charge in [0, 0.05) is 30.4 Å². The molecular formula is C22H19F3N4O2S. The number of alkyl halides is 3. The number of anilines is 1. The van der Waals surface area contributed by atoms with E-state index >= 15 is 0 Å². The number of hydrogen-bond acceptors (Lipinski definition) is 5. The lowest BCUT2D eigenvalue weighted by molar-refractivity contribution is -0.156. The molecule has 32 heavy (non-hydrogen) atoms. The van der Waals surface area contributed by atoms with E-state index in [1.54, 1.807) is 46.9 Å². The molecular weight excluding hydrogens is 441 g/mol. The summed E-state index contributed by atoms with van der Waals surface area (Å²) in [7, 11) is -1.53. The molecule has 0 saturated carbocycles. The van der Waals surface area contributed by atoms with Gasteiger partial charge in [0.15, 0.2) is 17.6 Å². The summed E-state index contributed by atoms with van der Waals surface area (Å²) in [4.78, 5) is 4.57. The molecule has 10 heteroatoms. The van der Waals surface area contributed by atoms with Gasteiger partial charge < -0.3 is 4.74 Å². The minimum atomic E-state index is -4.51. The molecule has 3 aromatic rings. The molecule has 166 valence electrons. The molecule has 6 nitrogen and oxygen atoms in total. The van der Waals surface area contributed by atoms with Crippen molar-refractivity contribution in [3.63, 3.8) is 0 Å². The van der Waals surface area contributed by atoms with E-state index < -0.39 is 23.8 Å². The fourth-order valence-corrected chi connectivity index (χ4v) is 3.90. The van der Waals surface area contributed by atoms with Crippen molar-refractivity contribution < 1.29 is 22.1 Å². The molecule has 0 aliphatic heterocycles. The number of benzene rings is 2. The van der Waals surface area contributed by atoms with Crippen LogP contribution in [-0.2, 0) is 22.3 Å². The summed E-state index contributed by atoms with van der Waals surface area (Å²) in [5.74, 6) is -0.289. The lowest BCUT2D eigenvalue weighted by atomic mass is 10.1. The molecule has 0 N–H and O–H groups in total. The summed E-state index contributed by atoms with van der Waals surface area (Å²) in [6, 6.07) is 19.2. The molecule has 0 aliphatic carbocycles. The van der Waals surface area contributed by atoms with Gasteiger partial charge in [0.1, 0.15) is 0 Å². The first kappa shape index (κ1) is 23.1. The lowest BCUT2D eigenvalue weighted by Gasteiger charge is -2.23. The van der Waals surface area contributed by atoms with E-state index in [0.29, 0.717) is 10.5 Å². The van der Waals surface area contributed by atoms with Gasteiger partial charge >= 0.3 is 6.18 Å². The molecule has 1 unspecified atom stereocenters. The lowest BCUT2D eigenvalue weighted by Crippen LogP contribution is -2.25. The van der Waals surface area contributed by atoms with E-state index in [9.17, 15) is 17.4 Å². The number of halogens is 3. The van der Waals surface area contributed by atoms with Crippen molar-refractivity contribution in [2.45, 2.75) is 17.6 Å². The van der Waals surface area contributed by atoms with Gasteiger partial charge in [0.25, 0.3) is 0 Å². The summed E-state index contributed by atoms with van der Waals surface area (Å²) >= 11 is 0. The van der Waals surface area contributed by atoms with Gasteiger partial charge in [-0.3, -0.25) is 9.29 Å². The van der Waals surface area contributed by atoms with Crippen LogP contribution in [0, 0.1) is 0 Å². The number of pyridine rings is 1. The number of ether oxygens (including phenoxy) is 1. The van der Waals surface area contributed by atoms with Gasteiger partial charge in [-0.15, -0.1) is 5.10 Å². The second-order valence-corrected chi connectivity index (χ2v) is 7.87. The predicted molar refractivity (Wildman–Crippen MR) is 118 cm³/mol. The summed E-state index contributed by atoms with van der Waals surface area (Å²) in [6.45, 7) is 1.95. The van der Waals surface area contributed by atoms with Crippen LogP contribution in [0.4, 0.5) is 18.9 Å². The van der Waals surface area contributed by atoms with Gasteiger partial charge in [-0.2, -0.15) is 18.3 Å². The molecule has 3 rings (SSSR count). The topological polar surface area (TPSA) is 67.2 Å². The van der Waals surface area contributed by atoms with E-state index in [1.165, 1.54) is 6.20 Å². The third-order valence-corrected chi connectivity index (χ3v) is 5.53. The van der Waals surface area contributed by atoms with Crippen LogP contribution in [0.15, 0.2) is 94.2 Å². The predicted octanol–water partition coefficient (Wildman–Crippen LogP) is 4.75. The standard InChI is InChI=1S/C22H19F3N4O2S/c1-26-28-21(31-16-22(23,24)25)18-11-9-17(10-12-18)15-29(19-6-3-2-4-7-19)32(30)20-8-5-13-27-14-20/h2-14H,1,15-16H2/b28-21-. The first-order valence-corrected chi connectivity index (χ1v) is 10.4. The smallest absolute Gasteiger partial charge is 0.422 e. The number of aromatic nitrogens is 1. The molecule has 0 amide bonds. The van der Waals surface area contributed by atoms with Gasteiger partial charge in [-0.25, -0.2) is 4.21 Å². The Kier molecular flexibility index (Phi) is 7.72. The van der Waals surface area contributed by atoms with Crippen LogP contribution in [0.1, 0.15) is 11.1 Å². The van der Waals surface area contributed by atoms with Gasteiger partial charge in [-0.1, -0.05) is 30.3 Å². The van der Waals surface area contributed by atoms with E-state index in [4.69, 9.17) is 4.74 Å². The van der Waals surface area contributed by atoms with E-state index in [-0.39, 0.29) is 12.4 Å². The Bertz CT molecular complexity index is 1080. The fourth-order valence-electron chi connectivity index (χ4n) is 2.72. The average molecular weight is 460 g/mol. The molecule has 1 atom stereocenters. The van der Waals surface area contributed by atoms with Crippen molar-refractivity contribution in [1.82, 2.24) is 4.98 Å². The number of rotatable bonds is 8. The second-order valence-electron chi connectivity index (χ2n) is 6.46. The highest BCUT2D eigenvalue weighted by molar-refractivity contribution is 7.86. The summed E-state index contributed by atoms with van der Waals surface area (Å²) in [5.41, 5.74) is 1.83. The van der Waals surface area contributed by atoms with Crippen molar-refractivity contribution in [3.8, 4) is 0 Å². The van der Waals surface area contributed by atoms with Crippen LogP contribution in [-0.4, -0.2) is 34.6 Å². The van der Waals surface area contributed by atoms with Crippen LogP contribution in [0.3, 0.4) is 0 Å². The van der Waals surface area contributed by atoms with E-state index in [0.717, 1.165) is 11.3 Å². The first-order chi connectivity index (χ1) is 15.4. The van der Waals surface area contributed by atoms with Crippen LogP contribution in [0.2, 0.25) is 0 Å². The maximum atomic E-state index is 13.2. The quantitative estimate of drug-likeness (QED) is 0.277. The fraction of sp³-hybridized carbons (Fsp3) is 0.136. The van der Waals surface area contributed by atoms with Crippen LogP contribution in [0.5, 0.6) is 0 Å². The Morgan fingerprint density at radius 1 is 1.06 bits per heavy atom. The highest BCUT2D eigenvalue weighted by Gasteiger charge is 2.29. The summed E-state index contributed by atoms with van der Waals surface area (Å²) in [5, 5.41) is 6.82. The monoisotopic (exact) mass is 460 g/mol. The highest BCUT2D eigenvalue weighted by atomic mass is 32.2. The zero-order valence-corrected chi connectivity index (χ0v) is 17.6. The zero-order valence-electron chi connectivity index (χ0n) is 16.8. The molecule has 1 heterocycles. The van der Waals surface area contributed by atoms with Crippen molar-refractivity contribution in [3.05, 3.63) is 90.3 Å². The Balaban J connectivity index is 1.83.